The number of nitrogen functional groups attached to an aromatic ring is 1. The van der Waals surface area contributed by atoms with Crippen molar-refractivity contribution < 1.29 is 14.3 Å². The molecule has 0 aliphatic carbocycles. The Morgan fingerprint density at radius 1 is 1.06 bits per heavy atom. The van der Waals surface area contributed by atoms with Gasteiger partial charge in [0.05, 0.1) is 5.56 Å². The number of piperidine rings is 1. The number of aromatic nitrogens is 2. The fourth-order valence-electron chi connectivity index (χ4n) is 3.88. The van der Waals surface area contributed by atoms with Crippen LogP contribution in [0.3, 0.4) is 0 Å². The van der Waals surface area contributed by atoms with Crippen LogP contribution in [0.1, 0.15) is 12.8 Å². The normalized spacial score (nSPS) is 14.4. The lowest BCUT2D eigenvalue weighted by Crippen LogP contribution is -2.41. The highest BCUT2D eigenvalue weighted by atomic mass is 16.5. The Kier molecular flexibility index (Phi) is 7.95. The summed E-state index contributed by atoms with van der Waals surface area (Å²) in [6.07, 6.45) is 6.33. The van der Waals surface area contributed by atoms with Crippen LogP contribution in [0, 0.1) is 0 Å². The number of benzene rings is 2. The number of hydrogen-bond donors (Lipinski definition) is 1. The summed E-state index contributed by atoms with van der Waals surface area (Å²) in [6, 6.07) is 17.2. The second-order valence-electron chi connectivity index (χ2n) is 8.69. The van der Waals surface area contributed by atoms with Gasteiger partial charge in [0.1, 0.15) is 29.7 Å². The Morgan fingerprint density at radius 3 is 2.43 bits per heavy atom. The Balaban J connectivity index is 1.40. The Bertz CT molecular complexity index is 1140. The van der Waals surface area contributed by atoms with Crippen molar-refractivity contribution in [3.05, 3.63) is 73.1 Å². The molecule has 35 heavy (non-hydrogen) atoms. The third-order valence-corrected chi connectivity index (χ3v) is 5.73. The average Bonchev–Trinajstić information content (AvgIpc) is 2.86. The number of rotatable bonds is 8. The van der Waals surface area contributed by atoms with Crippen molar-refractivity contribution in [1.29, 1.82) is 0 Å². The van der Waals surface area contributed by atoms with Gasteiger partial charge in [-0.1, -0.05) is 36.4 Å². The predicted molar refractivity (Wildman–Crippen MR) is 136 cm³/mol. The first-order valence-electron chi connectivity index (χ1n) is 11.7. The average molecular weight is 474 g/mol. The van der Waals surface area contributed by atoms with Gasteiger partial charge in [-0.25, -0.2) is 9.97 Å². The number of carbonyl (C=O) groups is 1. The van der Waals surface area contributed by atoms with Gasteiger partial charge in [0.25, 0.3) is 0 Å². The summed E-state index contributed by atoms with van der Waals surface area (Å²) in [4.78, 5) is 24.8. The monoisotopic (exact) mass is 473 g/mol. The minimum Gasteiger partial charge on any atom is -0.474 e. The van der Waals surface area contributed by atoms with Crippen molar-refractivity contribution in [2.24, 2.45) is 0 Å². The Morgan fingerprint density at radius 2 is 1.74 bits per heavy atom. The maximum atomic E-state index is 12.4. The molecule has 8 heteroatoms. The summed E-state index contributed by atoms with van der Waals surface area (Å²) < 4.78 is 12.1. The predicted octanol–water partition coefficient (Wildman–Crippen LogP) is 4.01. The molecule has 1 amide bonds. The molecule has 1 fully saturated rings. The van der Waals surface area contributed by atoms with Crippen molar-refractivity contribution >= 4 is 11.7 Å². The van der Waals surface area contributed by atoms with Crippen molar-refractivity contribution in [2.75, 3.05) is 39.5 Å². The first-order valence-corrected chi connectivity index (χ1v) is 11.7. The molecule has 182 valence electrons. The van der Waals surface area contributed by atoms with Gasteiger partial charge >= 0.3 is 0 Å². The molecular weight excluding hydrogens is 442 g/mol. The second kappa shape index (κ2) is 11.5. The van der Waals surface area contributed by atoms with E-state index in [1.165, 1.54) is 6.33 Å². The van der Waals surface area contributed by atoms with Crippen LogP contribution in [0.5, 0.6) is 17.4 Å². The van der Waals surface area contributed by atoms with Gasteiger partial charge in [-0.3, -0.25) is 4.79 Å². The molecule has 1 aliphatic rings. The zero-order chi connectivity index (χ0) is 24.6. The number of amides is 1. The van der Waals surface area contributed by atoms with E-state index in [0.29, 0.717) is 30.4 Å². The van der Waals surface area contributed by atoms with Crippen molar-refractivity contribution in [2.45, 2.75) is 18.9 Å². The zero-order valence-corrected chi connectivity index (χ0v) is 20.1. The lowest BCUT2D eigenvalue weighted by atomic mass is 10.1. The number of carbonyl (C=O) groups excluding carboxylic acids is 1. The van der Waals surface area contributed by atoms with Crippen LogP contribution in [0.4, 0.5) is 5.82 Å². The number of likely N-dealkylation sites (tertiary alicyclic amines) is 1. The number of ether oxygens (including phenoxy) is 2. The first kappa shape index (κ1) is 24.2. The van der Waals surface area contributed by atoms with Gasteiger partial charge in [0, 0.05) is 38.6 Å². The van der Waals surface area contributed by atoms with Crippen molar-refractivity contribution in [1.82, 2.24) is 19.8 Å². The largest absolute Gasteiger partial charge is 0.474 e. The molecule has 1 aliphatic heterocycles. The number of para-hydroxylation sites is 1. The van der Waals surface area contributed by atoms with Crippen LogP contribution in [0.2, 0.25) is 0 Å². The maximum absolute atomic E-state index is 12.4. The number of nitrogens with zero attached hydrogens (tertiary/aromatic N) is 4. The standard InChI is InChI=1S/C27H31N5O3/c1-31(2)16-6-9-24(33)32-17-14-23(15-18-32)35-27-25(26(28)29-19-30-27)20-10-12-22(13-11-20)34-21-7-4-3-5-8-21/h3-13,19,23H,14-18H2,1-2H3,(H2,28,29,30). The van der Waals surface area contributed by atoms with Crippen LogP contribution in [-0.4, -0.2) is 65.5 Å². The van der Waals surface area contributed by atoms with Crippen LogP contribution in [0.25, 0.3) is 11.1 Å². The van der Waals surface area contributed by atoms with Gasteiger partial charge in [0.2, 0.25) is 11.8 Å². The maximum Gasteiger partial charge on any atom is 0.246 e. The second-order valence-corrected chi connectivity index (χ2v) is 8.69. The minimum atomic E-state index is -0.0569. The van der Waals surface area contributed by atoms with Crippen LogP contribution < -0.4 is 15.2 Å². The molecule has 0 saturated carbocycles. The molecule has 4 rings (SSSR count). The molecule has 3 aromatic rings. The summed E-state index contributed by atoms with van der Waals surface area (Å²) in [5.74, 6) is 2.32. The number of likely N-dealkylation sites (N-methyl/N-ethyl adjacent to an activating group) is 1. The molecule has 0 radical (unpaired) electrons. The van der Waals surface area contributed by atoms with Gasteiger partial charge < -0.3 is 25.0 Å². The first-order chi connectivity index (χ1) is 17.0. The van der Waals surface area contributed by atoms with E-state index in [1.54, 1.807) is 6.08 Å². The highest BCUT2D eigenvalue weighted by molar-refractivity contribution is 5.87. The van der Waals surface area contributed by atoms with Gasteiger partial charge in [0.15, 0.2) is 0 Å². The zero-order valence-electron chi connectivity index (χ0n) is 20.1. The highest BCUT2D eigenvalue weighted by Gasteiger charge is 2.25. The quantitative estimate of drug-likeness (QED) is 0.494. The van der Waals surface area contributed by atoms with E-state index in [9.17, 15) is 4.79 Å². The molecule has 8 nitrogen and oxygen atoms in total. The van der Waals surface area contributed by atoms with E-state index in [4.69, 9.17) is 15.2 Å². The minimum absolute atomic E-state index is 0.0371. The van der Waals surface area contributed by atoms with Crippen molar-refractivity contribution in [3.8, 4) is 28.5 Å². The smallest absolute Gasteiger partial charge is 0.246 e. The number of nitrogens with two attached hydrogens (primary N) is 1. The fraction of sp³-hybridized carbons (Fsp3) is 0.296. The Hall–Kier alpha value is -3.91. The van der Waals surface area contributed by atoms with E-state index in [1.807, 2.05) is 84.6 Å². The third kappa shape index (κ3) is 6.58. The summed E-state index contributed by atoms with van der Waals surface area (Å²) in [5.41, 5.74) is 7.72. The molecule has 0 spiro atoms. The molecule has 1 saturated heterocycles. The van der Waals surface area contributed by atoms with Crippen LogP contribution in [-0.2, 0) is 4.79 Å². The van der Waals surface area contributed by atoms with E-state index >= 15 is 0 Å². The number of anilines is 1. The summed E-state index contributed by atoms with van der Waals surface area (Å²) >= 11 is 0. The molecule has 0 bridgehead atoms. The number of hydrogen-bond acceptors (Lipinski definition) is 7. The fourth-order valence-corrected chi connectivity index (χ4v) is 3.88. The molecule has 2 heterocycles. The van der Waals surface area contributed by atoms with E-state index in [0.717, 1.165) is 36.4 Å². The summed E-state index contributed by atoms with van der Waals surface area (Å²) in [5, 5.41) is 0. The Labute approximate surface area is 206 Å². The molecular formula is C27H31N5O3. The lowest BCUT2D eigenvalue weighted by Gasteiger charge is -2.31. The van der Waals surface area contributed by atoms with Gasteiger partial charge in [-0.2, -0.15) is 0 Å². The third-order valence-electron chi connectivity index (χ3n) is 5.73. The van der Waals surface area contributed by atoms with Gasteiger partial charge in [-0.05, 0) is 43.9 Å². The molecule has 0 atom stereocenters. The van der Waals surface area contributed by atoms with Crippen LogP contribution in [0.15, 0.2) is 73.1 Å². The summed E-state index contributed by atoms with van der Waals surface area (Å²) in [6.45, 7) is 2.01. The van der Waals surface area contributed by atoms with E-state index in [2.05, 4.69) is 9.97 Å². The van der Waals surface area contributed by atoms with Crippen LogP contribution >= 0.6 is 0 Å². The van der Waals surface area contributed by atoms with E-state index in [-0.39, 0.29) is 12.0 Å². The molecule has 0 unspecified atom stereocenters. The highest BCUT2D eigenvalue weighted by Crippen LogP contribution is 2.35. The molecule has 2 aromatic carbocycles. The molecule has 1 aromatic heterocycles. The summed E-state index contributed by atoms with van der Waals surface area (Å²) in [7, 11) is 3.94. The van der Waals surface area contributed by atoms with Gasteiger partial charge in [-0.15, -0.1) is 0 Å². The SMILES string of the molecule is CN(C)CC=CC(=O)N1CCC(Oc2ncnc(N)c2-c2ccc(Oc3ccccc3)cc2)CC1. The lowest BCUT2D eigenvalue weighted by molar-refractivity contribution is -0.127. The van der Waals surface area contributed by atoms with E-state index < -0.39 is 0 Å². The molecule has 2 N–H and O–H groups in total. The topological polar surface area (TPSA) is 93.8 Å². The van der Waals surface area contributed by atoms with Crippen molar-refractivity contribution in [3.63, 3.8) is 0 Å².